The molecule has 17 heavy (non-hydrogen) atoms. The van der Waals surface area contributed by atoms with Gasteiger partial charge in [0.1, 0.15) is 5.78 Å². The maximum absolute atomic E-state index is 11.0. The molecule has 0 saturated carbocycles. The zero-order chi connectivity index (χ0) is 10.1. The summed E-state index contributed by atoms with van der Waals surface area (Å²) in [6, 6.07) is -0.0415. The van der Waals surface area contributed by atoms with Gasteiger partial charge in [-0.25, -0.2) is 0 Å². The van der Waals surface area contributed by atoms with E-state index in [2.05, 4.69) is 10.6 Å². The Bertz CT molecular complexity index is 172. The first kappa shape index (κ1) is 30.3. The molecule has 0 heterocycles. The molecule has 1 amide bonds. The van der Waals surface area contributed by atoms with Gasteiger partial charge in [0.25, 0.3) is 0 Å². The molecule has 0 bridgehead atoms. The van der Waals surface area contributed by atoms with Gasteiger partial charge >= 0.3 is 0 Å². The summed E-state index contributed by atoms with van der Waals surface area (Å²) in [7, 11) is 1.78. The van der Waals surface area contributed by atoms with Gasteiger partial charge in [-0.3, -0.25) is 4.79 Å². The molecule has 0 fully saturated rings. The molecular formula is C11H25BN2O2U-. The van der Waals surface area contributed by atoms with Crippen LogP contribution in [-0.2, 0) is 9.59 Å². The van der Waals surface area contributed by atoms with Gasteiger partial charge in [0, 0.05) is 39.5 Å². The number of rotatable bonds is 8. The molecule has 6 heteroatoms. The molecule has 0 aromatic rings. The van der Waals surface area contributed by atoms with Gasteiger partial charge in [-0.1, -0.05) is 14.9 Å². The Hall–Kier alpha value is 0.217. The van der Waals surface area contributed by atoms with Crippen molar-refractivity contribution in [2.45, 2.75) is 47.1 Å². The molecule has 0 rings (SSSR count). The van der Waals surface area contributed by atoms with Crippen molar-refractivity contribution in [3.63, 3.8) is 0 Å². The van der Waals surface area contributed by atoms with Crippen LogP contribution >= 0.6 is 0 Å². The predicted octanol–water partition coefficient (Wildman–Crippen LogP) is 0.882. The minimum Gasteiger partial charge on any atom is -0.530 e. The number of amides is 1. The number of hydrogen-bond donors (Lipinski definition) is 2. The van der Waals surface area contributed by atoms with Crippen molar-refractivity contribution in [2.75, 3.05) is 13.6 Å². The van der Waals surface area contributed by atoms with Crippen molar-refractivity contribution in [2.24, 2.45) is 0 Å². The summed E-state index contributed by atoms with van der Waals surface area (Å²) in [4.78, 5) is 20.7. The number of unbranched alkanes of at least 4 members (excludes halogenated alkanes) is 1. The van der Waals surface area contributed by atoms with E-state index in [1.165, 1.54) is 0 Å². The second kappa shape index (κ2) is 21.5. The fourth-order valence-electron chi connectivity index (χ4n) is 1.16. The van der Waals surface area contributed by atoms with Gasteiger partial charge in [0.2, 0.25) is 0 Å². The zero-order valence-corrected chi connectivity index (χ0v) is 13.5. The number of likely N-dealkylation sites (N-methyl/N-ethyl adjacent to an activating group) is 1. The van der Waals surface area contributed by atoms with Gasteiger partial charge < -0.3 is 15.4 Å². The number of hydrogen-bond acceptors (Lipinski definition) is 3. The smallest absolute Gasteiger partial charge is 0.146 e. The second-order valence-electron chi connectivity index (χ2n) is 2.98. The first-order valence-corrected chi connectivity index (χ1v) is 4.50. The van der Waals surface area contributed by atoms with Crippen LogP contribution in [0.1, 0.15) is 41.0 Å². The third-order valence-electron chi connectivity index (χ3n) is 1.96. The van der Waals surface area contributed by atoms with E-state index in [0.29, 0.717) is 6.54 Å². The molecule has 0 unspecified atom stereocenters. The molecule has 0 aromatic heterocycles. The average molecular weight is 466 g/mol. The molecule has 1 atom stereocenters. The molecule has 99 valence electrons. The van der Waals surface area contributed by atoms with E-state index >= 15 is 0 Å². The molecule has 4 nitrogen and oxygen atoms in total. The molecule has 3 radical (unpaired) electrons. The molecule has 0 spiro atoms. The van der Waals surface area contributed by atoms with E-state index < -0.39 is 0 Å². The monoisotopic (exact) mass is 466 g/mol. The summed E-state index contributed by atoms with van der Waals surface area (Å²) in [6.07, 6.45) is 4.26. The quantitative estimate of drug-likeness (QED) is 0.242. The van der Waals surface area contributed by atoms with Gasteiger partial charge in [-0.2, -0.15) is 6.41 Å². The molecular weight excluding hydrogens is 441 g/mol. The second-order valence-corrected chi connectivity index (χ2v) is 2.98. The summed E-state index contributed by atoms with van der Waals surface area (Å²) < 4.78 is 0. The zero-order valence-electron chi connectivity index (χ0n) is 9.30. The fourth-order valence-corrected chi connectivity index (χ4v) is 1.16. The third kappa shape index (κ3) is 18.8. The number of ketones is 1. The molecule has 0 aliphatic heterocycles. The molecule has 0 aliphatic carbocycles. The third-order valence-corrected chi connectivity index (χ3v) is 1.96. The van der Waals surface area contributed by atoms with Crippen molar-refractivity contribution in [1.29, 1.82) is 0 Å². The van der Waals surface area contributed by atoms with Crippen molar-refractivity contribution in [3.05, 3.63) is 0 Å². The minimum absolute atomic E-state index is 0. The summed E-state index contributed by atoms with van der Waals surface area (Å²) in [5.74, 6) is 0.164. The standard InChI is InChI=1S/C9H17N2O2.2CH4.B.U/c1-8(13)9(10-2)5-3-4-6-11-7-12;;;;/h9-10H,3-6H2,1-2H3,(H,11,12);2*1H4;;/q-1;;;;/t9-;;;;/m0..../s1. The Labute approximate surface area is 132 Å². The first-order chi connectivity index (χ1) is 6.22. The normalized spacial score (nSPS) is 9.29. The van der Waals surface area contributed by atoms with E-state index in [1.807, 2.05) is 0 Å². The Morgan fingerprint density at radius 1 is 1.29 bits per heavy atom. The average Bonchev–Trinajstić information content (AvgIpc) is 2.10. The van der Waals surface area contributed by atoms with Crippen LogP contribution in [0.4, 0.5) is 0 Å². The largest absolute Gasteiger partial charge is 0.530 e. The van der Waals surface area contributed by atoms with Crippen LogP contribution in [0.15, 0.2) is 0 Å². The first-order valence-electron chi connectivity index (χ1n) is 4.50. The van der Waals surface area contributed by atoms with E-state index in [0.717, 1.165) is 19.3 Å². The summed E-state index contributed by atoms with van der Waals surface area (Å²) in [6.45, 7) is 2.22. The van der Waals surface area contributed by atoms with Crippen molar-refractivity contribution in [3.8, 4) is 0 Å². The summed E-state index contributed by atoms with van der Waals surface area (Å²) >= 11 is 0. The molecule has 2 N–H and O–H groups in total. The Morgan fingerprint density at radius 2 is 1.82 bits per heavy atom. The maximum atomic E-state index is 11.0. The number of carbonyl (C=O) groups is 1. The van der Waals surface area contributed by atoms with E-state index in [-0.39, 0.29) is 66.2 Å². The van der Waals surface area contributed by atoms with Crippen molar-refractivity contribution < 1.29 is 40.7 Å². The van der Waals surface area contributed by atoms with Crippen LogP contribution in [0.2, 0.25) is 0 Å². The van der Waals surface area contributed by atoms with Gasteiger partial charge in [-0.05, 0) is 39.8 Å². The van der Waals surface area contributed by atoms with Gasteiger partial charge in [0.15, 0.2) is 0 Å². The Balaban J connectivity index is -0.000000120. The minimum atomic E-state index is -0.0415. The Kier molecular flexibility index (Phi) is 38.4. The van der Waals surface area contributed by atoms with Gasteiger partial charge in [-0.15, -0.1) is 0 Å². The molecule has 0 saturated heterocycles. The maximum Gasteiger partial charge on any atom is 0.146 e. The topological polar surface area (TPSA) is 58.2 Å². The van der Waals surface area contributed by atoms with E-state index in [9.17, 15) is 9.59 Å². The summed E-state index contributed by atoms with van der Waals surface area (Å²) in [5.41, 5.74) is 0. The predicted molar refractivity (Wildman–Crippen MR) is 70.3 cm³/mol. The van der Waals surface area contributed by atoms with Crippen LogP contribution in [0, 0.1) is 31.1 Å². The van der Waals surface area contributed by atoms with E-state index in [1.54, 1.807) is 20.4 Å². The van der Waals surface area contributed by atoms with Crippen molar-refractivity contribution in [1.82, 2.24) is 10.6 Å². The number of carbonyl (C=O) groups excluding carboxylic acids is 2. The van der Waals surface area contributed by atoms with Crippen LogP contribution in [0.3, 0.4) is 0 Å². The molecule has 0 aliphatic rings. The summed E-state index contributed by atoms with van der Waals surface area (Å²) in [5, 5.41) is 5.40. The van der Waals surface area contributed by atoms with E-state index in [4.69, 9.17) is 0 Å². The van der Waals surface area contributed by atoms with Crippen LogP contribution in [0.5, 0.6) is 0 Å². The number of Topliss-reactive ketones (excluding diaryl/α,β-unsaturated/α-hetero) is 1. The Morgan fingerprint density at radius 3 is 2.18 bits per heavy atom. The van der Waals surface area contributed by atoms with Crippen molar-refractivity contribution >= 4 is 20.6 Å². The van der Waals surface area contributed by atoms with Gasteiger partial charge in [0.05, 0.1) is 6.04 Å². The van der Waals surface area contributed by atoms with Crippen LogP contribution < -0.4 is 10.6 Å². The fraction of sp³-hybridized carbons (Fsp3) is 0.818. The van der Waals surface area contributed by atoms with Crippen LogP contribution in [-0.4, -0.2) is 40.2 Å². The molecule has 0 aromatic carbocycles. The number of nitrogens with one attached hydrogen (secondary N) is 2. The SMILES string of the molecule is C.C.CN[C@@H](CCCCN[C-]=O)C(C)=O.[B].[U]. The van der Waals surface area contributed by atoms with Crippen LogP contribution in [0.25, 0.3) is 0 Å².